The zero-order valence-corrected chi connectivity index (χ0v) is 16.3. The van der Waals surface area contributed by atoms with E-state index in [0.717, 1.165) is 11.8 Å². The number of pyridine rings is 1. The molecule has 4 N–H and O–H groups in total. The largest absolute Gasteiger partial charge is 0.477 e. The Hall–Kier alpha value is -3.49. The summed E-state index contributed by atoms with van der Waals surface area (Å²) in [4.78, 5) is 24.0. The van der Waals surface area contributed by atoms with Gasteiger partial charge in [0.05, 0.1) is 16.6 Å². The third kappa shape index (κ3) is 3.70. The highest BCUT2D eigenvalue weighted by molar-refractivity contribution is 5.99. The van der Waals surface area contributed by atoms with Gasteiger partial charge in [-0.15, -0.1) is 0 Å². The maximum Gasteiger partial charge on any atom is 0.341 e. The number of halogens is 3. The van der Waals surface area contributed by atoms with E-state index < -0.39 is 57.2 Å². The second-order valence-corrected chi connectivity index (χ2v) is 7.12. The van der Waals surface area contributed by atoms with Crippen LogP contribution in [0.2, 0.25) is 0 Å². The molecule has 158 valence electrons. The predicted molar refractivity (Wildman–Crippen MR) is 108 cm³/mol. The van der Waals surface area contributed by atoms with Gasteiger partial charge < -0.3 is 20.7 Å². The lowest BCUT2D eigenvalue weighted by atomic mass is 10.1. The number of nitrogens with zero attached hydrogens (tertiary/aromatic N) is 1. The van der Waals surface area contributed by atoms with Crippen LogP contribution in [0.25, 0.3) is 10.9 Å². The molecule has 30 heavy (non-hydrogen) atoms. The van der Waals surface area contributed by atoms with E-state index in [1.165, 1.54) is 16.7 Å². The lowest BCUT2D eigenvalue weighted by Gasteiger charge is -2.20. The molecular weight excluding hydrogens is 399 g/mol. The van der Waals surface area contributed by atoms with Crippen LogP contribution < -0.4 is 16.5 Å². The smallest absolute Gasteiger partial charge is 0.341 e. The molecule has 0 saturated heterocycles. The number of hydrogen-bond acceptors (Lipinski definition) is 4. The third-order valence-electron chi connectivity index (χ3n) is 4.80. The highest BCUT2D eigenvalue weighted by Crippen LogP contribution is 2.34. The molecule has 2 aromatic carbocycles. The van der Waals surface area contributed by atoms with Crippen LogP contribution in [0, 0.1) is 17.5 Å². The summed E-state index contributed by atoms with van der Waals surface area (Å²) in [6.45, 7) is 3.44. The van der Waals surface area contributed by atoms with Crippen LogP contribution in [0.1, 0.15) is 35.8 Å². The van der Waals surface area contributed by atoms with Crippen LogP contribution in [-0.2, 0) is 6.42 Å². The van der Waals surface area contributed by atoms with Crippen molar-refractivity contribution in [1.29, 1.82) is 0 Å². The van der Waals surface area contributed by atoms with Crippen molar-refractivity contribution in [2.75, 3.05) is 17.6 Å². The van der Waals surface area contributed by atoms with Crippen molar-refractivity contribution in [3.8, 4) is 0 Å². The Morgan fingerprint density at radius 3 is 2.37 bits per heavy atom. The van der Waals surface area contributed by atoms with E-state index in [1.54, 1.807) is 26.0 Å². The predicted octanol–water partition coefficient (Wildman–Crippen LogP) is 3.93. The number of carboxylic acids is 1. The molecule has 0 atom stereocenters. The number of nitrogens with one attached hydrogen (secondary N) is 1. The summed E-state index contributed by atoms with van der Waals surface area (Å²) in [5, 5.41) is 11.4. The summed E-state index contributed by atoms with van der Waals surface area (Å²) in [5.41, 5.74) is 3.45. The summed E-state index contributed by atoms with van der Waals surface area (Å²) in [5.74, 6) is -4.12. The van der Waals surface area contributed by atoms with Gasteiger partial charge in [0.25, 0.3) is 0 Å². The Kier molecular flexibility index (Phi) is 5.73. The molecule has 3 aromatic rings. The molecule has 0 amide bonds. The molecule has 0 spiro atoms. The van der Waals surface area contributed by atoms with E-state index in [2.05, 4.69) is 5.32 Å². The number of benzene rings is 2. The van der Waals surface area contributed by atoms with E-state index >= 15 is 4.39 Å². The fraction of sp³-hybridized carbons (Fsp3) is 0.238. The van der Waals surface area contributed by atoms with Gasteiger partial charge in [-0.3, -0.25) is 4.79 Å². The molecule has 6 nitrogen and oxygen atoms in total. The number of carboxylic acid groups (broad SMARTS) is 1. The van der Waals surface area contributed by atoms with Gasteiger partial charge in [0.1, 0.15) is 17.1 Å². The first-order chi connectivity index (χ1) is 14.1. The van der Waals surface area contributed by atoms with Crippen molar-refractivity contribution >= 4 is 28.2 Å². The standard InChI is InChI=1S/C21H20F3N3O3/c1-10(2)27-9-13(21(29)30)20(28)14-17(25)15(23)18(16(24)19(14)27)26-8-7-11-3-5-12(22)6-4-11/h3-6,9-10,26H,7-8,25H2,1-2H3,(H,29,30). The van der Waals surface area contributed by atoms with E-state index in [0.29, 0.717) is 6.42 Å². The molecule has 1 aromatic heterocycles. The lowest BCUT2D eigenvalue weighted by Crippen LogP contribution is -2.23. The second kappa shape index (κ2) is 8.10. The number of aromatic nitrogens is 1. The van der Waals surface area contributed by atoms with Crippen molar-refractivity contribution in [2.24, 2.45) is 0 Å². The minimum atomic E-state index is -1.52. The maximum absolute atomic E-state index is 15.3. The summed E-state index contributed by atoms with van der Waals surface area (Å²) in [7, 11) is 0. The SMILES string of the molecule is CC(C)n1cc(C(=O)O)c(=O)c2c(N)c(F)c(NCCc3ccc(F)cc3)c(F)c21. The molecular formula is C21H20F3N3O3. The van der Waals surface area contributed by atoms with Crippen LogP contribution >= 0.6 is 0 Å². The Bertz CT molecular complexity index is 1190. The van der Waals surface area contributed by atoms with Crippen LogP contribution in [0.5, 0.6) is 0 Å². The third-order valence-corrected chi connectivity index (χ3v) is 4.80. The summed E-state index contributed by atoms with van der Waals surface area (Å²) < 4.78 is 44.4. The molecule has 3 rings (SSSR count). The summed E-state index contributed by atoms with van der Waals surface area (Å²) >= 11 is 0. The zero-order valence-electron chi connectivity index (χ0n) is 16.3. The monoisotopic (exact) mass is 419 g/mol. The highest BCUT2D eigenvalue weighted by Gasteiger charge is 2.26. The van der Waals surface area contributed by atoms with Crippen LogP contribution in [-0.4, -0.2) is 22.2 Å². The number of fused-ring (bicyclic) bond motifs is 1. The number of aromatic carboxylic acids is 1. The van der Waals surface area contributed by atoms with Gasteiger partial charge in [0.2, 0.25) is 5.43 Å². The minimum Gasteiger partial charge on any atom is -0.477 e. The van der Waals surface area contributed by atoms with Gasteiger partial charge in [-0.25, -0.2) is 18.0 Å². The van der Waals surface area contributed by atoms with E-state index in [1.807, 2.05) is 0 Å². The molecule has 0 aliphatic heterocycles. The molecule has 0 fully saturated rings. The second-order valence-electron chi connectivity index (χ2n) is 7.12. The number of nitrogen functional groups attached to an aromatic ring is 1. The van der Waals surface area contributed by atoms with E-state index in [-0.39, 0.29) is 12.1 Å². The number of nitrogens with two attached hydrogens (primary N) is 1. The highest BCUT2D eigenvalue weighted by atomic mass is 19.1. The fourth-order valence-electron chi connectivity index (χ4n) is 3.26. The van der Waals surface area contributed by atoms with Crippen molar-refractivity contribution in [3.05, 3.63) is 69.3 Å². The van der Waals surface area contributed by atoms with Gasteiger partial charge in [-0.2, -0.15) is 0 Å². The Morgan fingerprint density at radius 2 is 1.80 bits per heavy atom. The van der Waals surface area contributed by atoms with E-state index in [4.69, 9.17) is 5.73 Å². The van der Waals surface area contributed by atoms with Gasteiger partial charge in [-0.05, 0) is 38.0 Å². The number of rotatable bonds is 6. The molecule has 0 aliphatic carbocycles. The molecule has 0 aliphatic rings. The fourth-order valence-corrected chi connectivity index (χ4v) is 3.26. The number of hydrogen-bond donors (Lipinski definition) is 3. The van der Waals surface area contributed by atoms with Gasteiger partial charge in [0.15, 0.2) is 11.6 Å². The van der Waals surface area contributed by atoms with Gasteiger partial charge in [-0.1, -0.05) is 12.1 Å². The Balaban J connectivity index is 2.11. The van der Waals surface area contributed by atoms with Gasteiger partial charge in [0, 0.05) is 18.8 Å². The van der Waals surface area contributed by atoms with Crippen LogP contribution in [0.15, 0.2) is 35.3 Å². The summed E-state index contributed by atoms with van der Waals surface area (Å²) in [6, 6.07) is 5.25. The topological polar surface area (TPSA) is 97.4 Å². The van der Waals surface area contributed by atoms with Crippen LogP contribution in [0.4, 0.5) is 24.5 Å². The van der Waals surface area contributed by atoms with Crippen molar-refractivity contribution in [3.63, 3.8) is 0 Å². The number of anilines is 2. The first-order valence-corrected chi connectivity index (χ1v) is 9.20. The molecule has 0 radical (unpaired) electrons. The molecule has 0 saturated carbocycles. The minimum absolute atomic E-state index is 0.115. The lowest BCUT2D eigenvalue weighted by molar-refractivity contribution is 0.0694. The quantitative estimate of drug-likeness (QED) is 0.526. The van der Waals surface area contributed by atoms with Crippen molar-refractivity contribution < 1.29 is 23.1 Å². The maximum atomic E-state index is 15.3. The molecule has 0 bridgehead atoms. The van der Waals surface area contributed by atoms with E-state index in [9.17, 15) is 23.5 Å². The first kappa shape index (κ1) is 21.2. The first-order valence-electron chi connectivity index (χ1n) is 9.20. The van der Waals surface area contributed by atoms with Crippen molar-refractivity contribution in [1.82, 2.24) is 4.57 Å². The normalized spacial score (nSPS) is 11.3. The molecule has 9 heteroatoms. The van der Waals surface area contributed by atoms with Crippen LogP contribution in [0.3, 0.4) is 0 Å². The molecule has 1 heterocycles. The van der Waals surface area contributed by atoms with Gasteiger partial charge >= 0.3 is 5.97 Å². The summed E-state index contributed by atoms with van der Waals surface area (Å²) in [6.07, 6.45) is 1.38. The zero-order chi connectivity index (χ0) is 22.2. The average molecular weight is 419 g/mol. The van der Waals surface area contributed by atoms with Crippen molar-refractivity contribution in [2.45, 2.75) is 26.3 Å². The number of carbonyl (C=O) groups is 1. The molecule has 0 unspecified atom stereocenters. The average Bonchev–Trinajstić information content (AvgIpc) is 2.69. The Morgan fingerprint density at radius 1 is 1.17 bits per heavy atom. The Labute approximate surface area is 169 Å².